The number of fused-ring (bicyclic) bond motifs is 1. The number of hydrogen-bond donors (Lipinski definition) is 3. The first-order chi connectivity index (χ1) is 15.6. The average Bonchev–Trinajstić information content (AvgIpc) is 2.84. The van der Waals surface area contributed by atoms with Gasteiger partial charge in [-0.2, -0.15) is 0 Å². The van der Waals surface area contributed by atoms with Gasteiger partial charge in [-0.3, -0.25) is 0 Å². The molecule has 0 amide bonds. The summed E-state index contributed by atoms with van der Waals surface area (Å²) in [5.41, 5.74) is 1.15. The monoisotopic (exact) mass is 475 g/mol. The van der Waals surface area contributed by atoms with Gasteiger partial charge in [-0.05, 0) is 54.3 Å². The van der Waals surface area contributed by atoms with Gasteiger partial charge in [0.2, 0.25) is 0 Å². The Morgan fingerprint density at radius 2 is 1.61 bits per heavy atom. The minimum absolute atomic E-state index is 0.101. The van der Waals surface area contributed by atoms with Crippen molar-refractivity contribution in [1.82, 2.24) is 0 Å². The molecule has 182 valence electrons. The van der Waals surface area contributed by atoms with E-state index in [0.29, 0.717) is 24.0 Å². The van der Waals surface area contributed by atoms with E-state index in [1.807, 2.05) is 25.1 Å². The smallest absolute Gasteiger partial charge is 0.179 e. The van der Waals surface area contributed by atoms with Gasteiger partial charge in [0.05, 0.1) is 16.8 Å². The molecule has 0 radical (unpaired) electrons. The van der Waals surface area contributed by atoms with Gasteiger partial charge in [-0.15, -0.1) is 0 Å². The first kappa shape index (κ1) is 25.4. The van der Waals surface area contributed by atoms with E-state index in [-0.39, 0.29) is 22.1 Å². The zero-order chi connectivity index (χ0) is 24.4. The second kappa shape index (κ2) is 9.94. The van der Waals surface area contributed by atoms with E-state index in [1.54, 1.807) is 18.2 Å². The summed E-state index contributed by atoms with van der Waals surface area (Å²) in [6, 6.07) is 9.77. The predicted molar refractivity (Wildman–Crippen MR) is 132 cm³/mol. The SMILES string of the molecule is CCCCC1(CCCC)CS(=O)(=O)c2ccc(N(C)C)cc2[C@@H](c2ccc(O)c(O)c2)[C@H]1O. The van der Waals surface area contributed by atoms with Crippen LogP contribution in [0.25, 0.3) is 0 Å². The summed E-state index contributed by atoms with van der Waals surface area (Å²) in [7, 11) is 0.101. The number of aliphatic hydroxyl groups excluding tert-OH is 1. The Labute approximate surface area is 197 Å². The van der Waals surface area contributed by atoms with Crippen LogP contribution in [0, 0.1) is 5.41 Å². The van der Waals surface area contributed by atoms with E-state index in [1.165, 1.54) is 12.1 Å². The lowest BCUT2D eigenvalue weighted by molar-refractivity contribution is 0.0126. The lowest BCUT2D eigenvalue weighted by atomic mass is 9.68. The summed E-state index contributed by atoms with van der Waals surface area (Å²) >= 11 is 0. The van der Waals surface area contributed by atoms with Crippen LogP contribution >= 0.6 is 0 Å². The molecule has 3 N–H and O–H groups in total. The van der Waals surface area contributed by atoms with Crippen molar-refractivity contribution in [3.05, 3.63) is 47.5 Å². The highest BCUT2D eigenvalue weighted by Crippen LogP contribution is 2.50. The number of nitrogens with zero attached hydrogens (tertiary/aromatic N) is 1. The van der Waals surface area contributed by atoms with Gasteiger partial charge < -0.3 is 20.2 Å². The van der Waals surface area contributed by atoms with Gasteiger partial charge in [-0.25, -0.2) is 8.42 Å². The third-order valence-corrected chi connectivity index (χ3v) is 9.01. The number of aliphatic hydroxyl groups is 1. The molecule has 2 atom stereocenters. The molecule has 2 aromatic rings. The Morgan fingerprint density at radius 3 is 2.15 bits per heavy atom. The fourth-order valence-electron chi connectivity index (χ4n) is 5.12. The van der Waals surface area contributed by atoms with Gasteiger partial charge in [0.1, 0.15) is 0 Å². The third-order valence-electron chi connectivity index (χ3n) is 7.02. The molecule has 1 aliphatic heterocycles. The van der Waals surface area contributed by atoms with Crippen molar-refractivity contribution < 1.29 is 23.7 Å². The lowest BCUT2D eigenvalue weighted by Crippen LogP contribution is -2.43. The third kappa shape index (κ3) is 4.99. The average molecular weight is 476 g/mol. The highest BCUT2D eigenvalue weighted by atomic mass is 32.2. The van der Waals surface area contributed by atoms with Gasteiger partial charge in [0, 0.05) is 31.1 Å². The van der Waals surface area contributed by atoms with Crippen molar-refractivity contribution in [3.8, 4) is 11.5 Å². The minimum atomic E-state index is -3.67. The predicted octanol–water partition coefficient (Wildman–Crippen LogP) is 4.81. The molecule has 33 heavy (non-hydrogen) atoms. The molecule has 0 aliphatic carbocycles. The summed E-state index contributed by atoms with van der Waals surface area (Å²) in [6.45, 7) is 4.14. The number of phenolic OH excluding ortho intramolecular Hbond substituents is 2. The number of hydrogen-bond acceptors (Lipinski definition) is 6. The largest absolute Gasteiger partial charge is 0.504 e. The standard InChI is InChI=1S/C26H37NO5S/c1-5-7-13-26(14-8-6-2)17-33(31,32)23-12-10-19(27(3)4)16-20(23)24(25(26)30)18-9-11-21(28)22(29)15-18/h9-12,15-16,24-25,28-30H,5-8,13-14,17H2,1-4H3/t24-,25-/m1/s1. The molecule has 3 rings (SSSR count). The summed E-state index contributed by atoms with van der Waals surface area (Å²) in [5, 5.41) is 32.1. The number of anilines is 1. The molecule has 7 heteroatoms. The Kier molecular flexibility index (Phi) is 7.64. The van der Waals surface area contributed by atoms with Crippen molar-refractivity contribution in [1.29, 1.82) is 0 Å². The fraction of sp³-hybridized carbons (Fsp3) is 0.538. The second-order valence-corrected chi connectivity index (χ2v) is 11.6. The van der Waals surface area contributed by atoms with Crippen LogP contribution in [-0.2, 0) is 9.84 Å². The first-order valence-corrected chi connectivity index (χ1v) is 13.5. The van der Waals surface area contributed by atoms with E-state index in [0.717, 1.165) is 31.4 Å². The van der Waals surface area contributed by atoms with E-state index in [2.05, 4.69) is 13.8 Å². The zero-order valence-electron chi connectivity index (χ0n) is 20.1. The van der Waals surface area contributed by atoms with Crippen LogP contribution in [0.15, 0.2) is 41.3 Å². The molecule has 0 spiro atoms. The number of sulfone groups is 1. The molecule has 0 saturated carbocycles. The van der Waals surface area contributed by atoms with E-state index in [4.69, 9.17) is 0 Å². The summed E-state index contributed by atoms with van der Waals surface area (Å²) in [5.74, 6) is -1.29. The van der Waals surface area contributed by atoms with Crippen molar-refractivity contribution in [2.24, 2.45) is 5.41 Å². The van der Waals surface area contributed by atoms with Gasteiger partial charge >= 0.3 is 0 Å². The normalized spacial score (nSPS) is 21.2. The maximum atomic E-state index is 13.7. The van der Waals surface area contributed by atoms with Gasteiger partial charge in [-0.1, -0.05) is 45.6 Å². The molecule has 0 saturated heterocycles. The van der Waals surface area contributed by atoms with Crippen LogP contribution in [0.4, 0.5) is 5.69 Å². The zero-order valence-corrected chi connectivity index (χ0v) is 20.9. The van der Waals surface area contributed by atoms with Crippen molar-refractivity contribution in [2.75, 3.05) is 24.7 Å². The van der Waals surface area contributed by atoms with Crippen molar-refractivity contribution in [2.45, 2.75) is 69.3 Å². The van der Waals surface area contributed by atoms with E-state index >= 15 is 0 Å². The van der Waals surface area contributed by atoms with Crippen molar-refractivity contribution >= 4 is 15.5 Å². The molecule has 6 nitrogen and oxygen atoms in total. The Balaban J connectivity index is 2.33. The van der Waals surface area contributed by atoms with E-state index in [9.17, 15) is 23.7 Å². The molecular weight excluding hydrogens is 438 g/mol. The van der Waals surface area contributed by atoms with Gasteiger partial charge in [0.15, 0.2) is 21.3 Å². The molecule has 0 bridgehead atoms. The van der Waals surface area contributed by atoms with Crippen molar-refractivity contribution in [3.63, 3.8) is 0 Å². The Morgan fingerprint density at radius 1 is 0.970 bits per heavy atom. The molecule has 2 aromatic carbocycles. The minimum Gasteiger partial charge on any atom is -0.504 e. The summed E-state index contributed by atoms with van der Waals surface area (Å²) < 4.78 is 27.5. The quantitative estimate of drug-likeness (QED) is 0.474. The molecular formula is C26H37NO5S. The van der Waals surface area contributed by atoms with Crippen LogP contribution in [0.5, 0.6) is 11.5 Å². The Hall–Kier alpha value is -2.25. The topological polar surface area (TPSA) is 98.1 Å². The van der Waals surface area contributed by atoms with Crippen LogP contribution in [0.2, 0.25) is 0 Å². The highest BCUT2D eigenvalue weighted by molar-refractivity contribution is 7.91. The Bertz CT molecular complexity index is 1070. The number of unbranched alkanes of at least 4 members (excludes halogenated alkanes) is 2. The molecule has 0 unspecified atom stereocenters. The summed E-state index contributed by atoms with van der Waals surface area (Å²) in [4.78, 5) is 2.14. The van der Waals surface area contributed by atoms with Crippen LogP contribution < -0.4 is 4.90 Å². The van der Waals surface area contributed by atoms with Gasteiger partial charge in [0.25, 0.3) is 0 Å². The fourth-order valence-corrected chi connectivity index (χ4v) is 7.32. The lowest BCUT2D eigenvalue weighted by Gasteiger charge is -2.40. The highest BCUT2D eigenvalue weighted by Gasteiger charge is 2.49. The maximum Gasteiger partial charge on any atom is 0.179 e. The molecule has 0 fully saturated rings. The van der Waals surface area contributed by atoms with Crippen LogP contribution in [-0.4, -0.2) is 49.7 Å². The summed E-state index contributed by atoms with van der Waals surface area (Å²) in [6.07, 6.45) is 3.71. The number of rotatable bonds is 8. The number of aromatic hydroxyl groups is 2. The second-order valence-electron chi connectivity index (χ2n) is 9.62. The van der Waals surface area contributed by atoms with Crippen LogP contribution in [0.1, 0.15) is 69.4 Å². The maximum absolute atomic E-state index is 13.7. The number of phenols is 2. The van der Waals surface area contributed by atoms with Crippen LogP contribution in [0.3, 0.4) is 0 Å². The molecule has 1 aliphatic rings. The number of benzene rings is 2. The molecule has 0 aromatic heterocycles. The first-order valence-electron chi connectivity index (χ1n) is 11.8. The van der Waals surface area contributed by atoms with E-state index < -0.39 is 27.3 Å². The molecule has 1 heterocycles.